The first-order valence-electron chi connectivity index (χ1n) is 15.8. The van der Waals surface area contributed by atoms with Crippen LogP contribution < -0.4 is 0 Å². The summed E-state index contributed by atoms with van der Waals surface area (Å²) in [6.07, 6.45) is 2.11. The van der Waals surface area contributed by atoms with Gasteiger partial charge >= 0.3 is 6.18 Å². The fraction of sp³-hybridized carbons (Fsp3) is 0.333. The van der Waals surface area contributed by atoms with E-state index in [1.54, 1.807) is 30.5 Å². The predicted molar refractivity (Wildman–Crippen MR) is 177 cm³/mol. The number of halogens is 3. The van der Waals surface area contributed by atoms with E-state index in [0.29, 0.717) is 16.6 Å². The number of aliphatic hydroxyl groups excluding tert-OH is 1. The normalized spacial score (nSPS) is 15.9. The zero-order valence-electron chi connectivity index (χ0n) is 26.8. The maximum Gasteiger partial charge on any atom is 0.394 e. The van der Waals surface area contributed by atoms with E-state index < -0.39 is 11.6 Å². The van der Waals surface area contributed by atoms with Gasteiger partial charge in [-0.3, -0.25) is 4.79 Å². The Labute approximate surface area is 282 Å². The second kappa shape index (κ2) is 14.1. The van der Waals surface area contributed by atoms with E-state index in [4.69, 9.17) is 0 Å². The average Bonchev–Trinajstić information content (AvgIpc) is 3.04. The monoisotopic (exact) mass is 803 g/mol. The van der Waals surface area contributed by atoms with E-state index in [0.717, 1.165) is 52.6 Å². The average molecular weight is 803 g/mol. The summed E-state index contributed by atoms with van der Waals surface area (Å²) in [5.41, 5.74) is -0.710. The molecule has 0 amide bonds. The van der Waals surface area contributed by atoms with Gasteiger partial charge in [-0.15, -0.1) is 35.4 Å². The Morgan fingerprint density at radius 1 is 0.870 bits per heavy atom. The number of hydrogen-bond donors (Lipinski definition) is 1. The molecule has 4 aromatic carbocycles. The number of benzene rings is 4. The molecule has 7 heteroatoms. The third-order valence-electron chi connectivity index (χ3n) is 9.59. The number of nitrogens with zero attached hydrogens (tertiary/aromatic N) is 1. The van der Waals surface area contributed by atoms with Crippen LogP contribution in [0, 0.1) is 17.9 Å². The Hall–Kier alpha value is -3.54. The Morgan fingerprint density at radius 2 is 1.54 bits per heavy atom. The molecule has 6 rings (SSSR count). The first kappa shape index (κ1) is 35.3. The van der Waals surface area contributed by atoms with Crippen LogP contribution >= 0.6 is 0 Å². The third-order valence-corrected chi connectivity index (χ3v) is 9.59. The number of hydrogen-bond acceptors (Lipinski definition) is 3. The number of alkyl halides is 3. The van der Waals surface area contributed by atoms with Crippen molar-refractivity contribution in [3.63, 3.8) is 0 Å². The van der Waals surface area contributed by atoms with Crippen molar-refractivity contribution in [2.45, 2.75) is 71.9 Å². The molecular weight excluding hydrogens is 764 g/mol. The number of allylic oxidation sites excluding steroid dienone is 2. The van der Waals surface area contributed by atoms with E-state index in [1.165, 1.54) is 13.0 Å². The van der Waals surface area contributed by atoms with Crippen LogP contribution in [0.1, 0.15) is 71.4 Å². The second-order valence-corrected chi connectivity index (χ2v) is 12.0. The van der Waals surface area contributed by atoms with Crippen LogP contribution in [0.3, 0.4) is 0 Å². The molecule has 1 radical (unpaired) electrons. The molecule has 1 aromatic heterocycles. The molecule has 1 heterocycles. The second-order valence-electron chi connectivity index (χ2n) is 12.0. The molecule has 0 saturated heterocycles. The van der Waals surface area contributed by atoms with Crippen LogP contribution in [-0.2, 0) is 30.3 Å². The van der Waals surface area contributed by atoms with Crippen LogP contribution in [0.2, 0.25) is 0 Å². The SMILES string of the molecule is CC1(C(F)(F)F)c2ccc[c-]c2-c2nccc3c2c1cc1c2ccccc2ccc31.CCC(CC)C(=O)/C=C(\O)C(CC)CC.[Ir]. The van der Waals surface area contributed by atoms with Crippen molar-refractivity contribution in [3.05, 3.63) is 102 Å². The molecular formula is C39H39F3IrNO2-. The van der Waals surface area contributed by atoms with Gasteiger partial charge in [-0.1, -0.05) is 77.1 Å². The summed E-state index contributed by atoms with van der Waals surface area (Å²) in [6.45, 7) is 9.35. The van der Waals surface area contributed by atoms with Gasteiger partial charge in [-0.05, 0) is 75.3 Å². The number of ketones is 1. The number of rotatable bonds is 7. The minimum absolute atomic E-state index is 0. The van der Waals surface area contributed by atoms with Crippen molar-refractivity contribution < 1.29 is 43.2 Å². The van der Waals surface area contributed by atoms with E-state index in [-0.39, 0.29) is 54.6 Å². The zero-order valence-corrected chi connectivity index (χ0v) is 29.2. The summed E-state index contributed by atoms with van der Waals surface area (Å²) in [7, 11) is 0. The van der Waals surface area contributed by atoms with Gasteiger partial charge in [-0.2, -0.15) is 13.2 Å². The molecule has 1 atom stereocenters. The van der Waals surface area contributed by atoms with E-state index >= 15 is 0 Å². The smallest absolute Gasteiger partial charge is 0.394 e. The van der Waals surface area contributed by atoms with Crippen LogP contribution in [-0.4, -0.2) is 22.1 Å². The molecule has 5 aromatic rings. The molecule has 0 fully saturated rings. The quantitative estimate of drug-likeness (QED) is 0.0772. The zero-order chi connectivity index (χ0) is 32.5. The standard InChI is InChI=1S/C26H15F3N.C13H24O2.Ir/c1-25(26(27,28)29)21-9-5-4-8-19(21)24-23-18(12-13-30-24)17-11-10-15-6-2-3-7-16(15)20(17)14-22(23)25;1-5-10(6-2)12(14)9-13(15)11(7-3)8-4;/h2-7,9-14H,1H3;9-11,14H,5-8H2,1-4H3;/q-1;;/b;12-9-;. The molecule has 1 unspecified atom stereocenters. The number of fused-ring (bicyclic) bond motifs is 6. The summed E-state index contributed by atoms with van der Waals surface area (Å²) in [5, 5.41) is 14.8. The van der Waals surface area contributed by atoms with Crippen molar-refractivity contribution in [1.29, 1.82) is 0 Å². The van der Waals surface area contributed by atoms with E-state index in [9.17, 15) is 23.1 Å². The van der Waals surface area contributed by atoms with Crippen molar-refractivity contribution in [2.24, 2.45) is 11.8 Å². The third kappa shape index (κ3) is 6.00. The van der Waals surface area contributed by atoms with Crippen LogP contribution in [0.5, 0.6) is 0 Å². The van der Waals surface area contributed by atoms with Gasteiger partial charge in [0.2, 0.25) is 0 Å². The molecule has 243 valence electrons. The number of aromatic nitrogens is 1. The van der Waals surface area contributed by atoms with Crippen molar-refractivity contribution >= 4 is 38.1 Å². The van der Waals surface area contributed by atoms with Crippen LogP contribution in [0.15, 0.2) is 84.8 Å². The van der Waals surface area contributed by atoms with Gasteiger partial charge in [0.1, 0.15) is 0 Å². The summed E-state index contributed by atoms with van der Waals surface area (Å²) >= 11 is 0. The maximum absolute atomic E-state index is 14.7. The molecule has 0 saturated carbocycles. The largest absolute Gasteiger partial charge is 0.512 e. The number of carbonyl (C=O) groups is 1. The predicted octanol–water partition coefficient (Wildman–Crippen LogP) is 11.1. The Balaban J connectivity index is 0.000000259. The van der Waals surface area contributed by atoms with Gasteiger partial charge in [0.25, 0.3) is 0 Å². The fourth-order valence-corrected chi connectivity index (χ4v) is 6.72. The summed E-state index contributed by atoms with van der Waals surface area (Å²) in [4.78, 5) is 16.2. The summed E-state index contributed by atoms with van der Waals surface area (Å²) in [6, 6.07) is 23.2. The number of carbonyl (C=O) groups excluding carboxylic acids is 1. The van der Waals surface area contributed by atoms with E-state index in [1.807, 2.05) is 70.2 Å². The topological polar surface area (TPSA) is 50.2 Å². The van der Waals surface area contributed by atoms with Gasteiger partial charge in [-0.25, -0.2) is 0 Å². The Kier molecular flexibility index (Phi) is 10.8. The Morgan fingerprint density at radius 3 is 2.20 bits per heavy atom. The van der Waals surface area contributed by atoms with Crippen molar-refractivity contribution in [2.75, 3.05) is 0 Å². The molecule has 46 heavy (non-hydrogen) atoms. The van der Waals surface area contributed by atoms with Crippen molar-refractivity contribution in [1.82, 2.24) is 4.98 Å². The number of pyridine rings is 1. The molecule has 0 aliphatic heterocycles. The molecule has 1 N–H and O–H groups in total. The summed E-state index contributed by atoms with van der Waals surface area (Å²) < 4.78 is 44.1. The number of aliphatic hydroxyl groups is 1. The van der Waals surface area contributed by atoms with Gasteiger partial charge in [0.05, 0.1) is 11.2 Å². The van der Waals surface area contributed by atoms with Crippen molar-refractivity contribution in [3.8, 4) is 11.3 Å². The molecule has 1 aliphatic rings. The van der Waals surface area contributed by atoms with Gasteiger partial charge < -0.3 is 10.1 Å². The fourth-order valence-electron chi connectivity index (χ4n) is 6.72. The minimum Gasteiger partial charge on any atom is -0.512 e. The Bertz CT molecular complexity index is 1910. The molecule has 1 aliphatic carbocycles. The summed E-state index contributed by atoms with van der Waals surface area (Å²) in [5.74, 6) is 0.547. The maximum atomic E-state index is 14.7. The first-order valence-corrected chi connectivity index (χ1v) is 15.8. The van der Waals surface area contributed by atoms with E-state index in [2.05, 4.69) is 11.1 Å². The van der Waals surface area contributed by atoms with Crippen LogP contribution in [0.4, 0.5) is 13.2 Å². The molecule has 0 bridgehead atoms. The van der Waals surface area contributed by atoms with Gasteiger partial charge in [0, 0.05) is 44.2 Å². The minimum atomic E-state index is -4.48. The molecule has 0 spiro atoms. The molecule has 3 nitrogen and oxygen atoms in total. The first-order chi connectivity index (χ1) is 21.5. The van der Waals surface area contributed by atoms with Gasteiger partial charge in [0.15, 0.2) is 5.78 Å². The van der Waals surface area contributed by atoms with Crippen LogP contribution in [0.25, 0.3) is 43.6 Å².